The lowest BCUT2D eigenvalue weighted by Crippen LogP contribution is -2.27. The van der Waals surface area contributed by atoms with Crippen molar-refractivity contribution in [2.75, 3.05) is 12.3 Å². The summed E-state index contributed by atoms with van der Waals surface area (Å²) >= 11 is 0. The summed E-state index contributed by atoms with van der Waals surface area (Å²) in [5.41, 5.74) is 11.2. The molecule has 2 heterocycles. The van der Waals surface area contributed by atoms with E-state index in [0.29, 0.717) is 6.54 Å². The molecule has 5 N–H and O–H groups in total. The van der Waals surface area contributed by atoms with Gasteiger partial charge in [-0.05, 0) is 6.42 Å². The molecule has 2 aromatic heterocycles. The zero-order valence-electron chi connectivity index (χ0n) is 13.1. The van der Waals surface area contributed by atoms with Gasteiger partial charge in [-0.15, -0.1) is 10.2 Å². The number of hydrogen-bond acceptors (Lipinski definition) is 6. The lowest BCUT2D eigenvalue weighted by molar-refractivity contribution is 0.0946. The molecule has 2 rings (SSSR count). The first kappa shape index (κ1) is 16.7. The van der Waals surface area contributed by atoms with E-state index in [-0.39, 0.29) is 22.9 Å². The maximum Gasteiger partial charge on any atom is 0.275 e. The molecular formula is C14H21N7O2. The average Bonchev–Trinajstić information content (AvgIpc) is 2.96. The van der Waals surface area contributed by atoms with Gasteiger partial charge in [0.15, 0.2) is 17.0 Å². The maximum atomic E-state index is 12.1. The Morgan fingerprint density at radius 1 is 1.17 bits per heavy atom. The number of nitrogens with one attached hydrogen (secondary N) is 1. The predicted molar refractivity (Wildman–Crippen MR) is 84.8 cm³/mol. The van der Waals surface area contributed by atoms with Crippen molar-refractivity contribution >= 4 is 23.3 Å². The molecule has 0 radical (unpaired) electrons. The van der Waals surface area contributed by atoms with Crippen molar-refractivity contribution in [2.24, 2.45) is 5.73 Å². The molecular weight excluding hydrogens is 298 g/mol. The number of fused-ring (bicyclic) bond motifs is 1. The maximum absolute atomic E-state index is 12.1. The molecule has 0 aliphatic heterocycles. The Morgan fingerprint density at radius 3 is 2.61 bits per heavy atom. The summed E-state index contributed by atoms with van der Waals surface area (Å²) in [7, 11) is 0. The number of nitrogen functional groups attached to an aromatic ring is 1. The number of rotatable bonds is 8. The summed E-state index contributed by atoms with van der Waals surface area (Å²) < 4.78 is 1.32. The molecule has 23 heavy (non-hydrogen) atoms. The lowest BCUT2D eigenvalue weighted by atomic mass is 10.1. The number of unbranched alkanes of at least 4 members (excludes halogenated alkanes) is 4. The highest BCUT2D eigenvalue weighted by atomic mass is 16.2. The molecule has 0 atom stereocenters. The van der Waals surface area contributed by atoms with E-state index in [2.05, 4.69) is 27.4 Å². The van der Waals surface area contributed by atoms with Crippen molar-refractivity contribution < 1.29 is 9.59 Å². The van der Waals surface area contributed by atoms with Crippen LogP contribution in [0, 0.1) is 0 Å². The van der Waals surface area contributed by atoms with E-state index in [1.165, 1.54) is 23.6 Å². The van der Waals surface area contributed by atoms with E-state index in [1.54, 1.807) is 0 Å². The van der Waals surface area contributed by atoms with E-state index < -0.39 is 11.8 Å². The Hall–Kier alpha value is -2.71. The first-order chi connectivity index (χ1) is 11.1. The van der Waals surface area contributed by atoms with Crippen molar-refractivity contribution in [3.63, 3.8) is 0 Å². The van der Waals surface area contributed by atoms with Crippen LogP contribution in [0.25, 0.3) is 5.65 Å². The third-order valence-electron chi connectivity index (χ3n) is 3.50. The van der Waals surface area contributed by atoms with E-state index in [0.717, 1.165) is 19.3 Å². The van der Waals surface area contributed by atoms with E-state index in [9.17, 15) is 9.59 Å². The highest BCUT2D eigenvalue weighted by molar-refractivity contribution is 5.99. The van der Waals surface area contributed by atoms with Crippen molar-refractivity contribution in [3.05, 3.63) is 17.7 Å². The largest absolute Gasteiger partial charge is 0.383 e. The number of primary amides is 1. The van der Waals surface area contributed by atoms with Gasteiger partial charge in [-0.2, -0.15) is 0 Å². The van der Waals surface area contributed by atoms with E-state index >= 15 is 0 Å². The predicted octanol–water partition coefficient (Wildman–Crippen LogP) is 0.506. The number of nitrogens with two attached hydrogens (primary N) is 2. The van der Waals surface area contributed by atoms with Crippen LogP contribution in [-0.2, 0) is 0 Å². The smallest absolute Gasteiger partial charge is 0.275 e. The molecule has 2 aromatic rings. The zero-order chi connectivity index (χ0) is 16.8. The highest BCUT2D eigenvalue weighted by Crippen LogP contribution is 2.13. The summed E-state index contributed by atoms with van der Waals surface area (Å²) in [6.45, 7) is 2.71. The number of carbonyl (C=O) groups is 2. The Labute approximate surface area is 133 Å². The quantitative estimate of drug-likeness (QED) is 0.605. The molecule has 0 bridgehead atoms. The van der Waals surface area contributed by atoms with Crippen LogP contribution in [0.2, 0.25) is 0 Å². The van der Waals surface area contributed by atoms with Gasteiger partial charge in [0.1, 0.15) is 12.1 Å². The van der Waals surface area contributed by atoms with Gasteiger partial charge in [-0.1, -0.05) is 32.6 Å². The first-order valence-electron chi connectivity index (χ1n) is 7.63. The standard InChI is InChI=1S/C14H21N7O2/c1-2-3-4-5-6-7-17-14(23)9-11(15)21-8-18-10(12(16)22)13(21)20-19-9/h8H,2-7,15H2,1H3,(H2,16,22)(H,17,23). The number of aromatic nitrogens is 4. The topological polar surface area (TPSA) is 141 Å². The summed E-state index contributed by atoms with van der Waals surface area (Å²) in [6, 6.07) is 0. The van der Waals surface area contributed by atoms with Gasteiger partial charge in [0, 0.05) is 6.54 Å². The monoisotopic (exact) mass is 319 g/mol. The van der Waals surface area contributed by atoms with E-state index in [1.807, 2.05) is 0 Å². The second-order valence-corrected chi connectivity index (χ2v) is 5.25. The molecule has 0 aliphatic rings. The van der Waals surface area contributed by atoms with Gasteiger partial charge in [0.05, 0.1) is 0 Å². The first-order valence-corrected chi connectivity index (χ1v) is 7.63. The van der Waals surface area contributed by atoms with Crippen LogP contribution in [0.3, 0.4) is 0 Å². The van der Waals surface area contributed by atoms with Gasteiger partial charge in [-0.25, -0.2) is 4.98 Å². The number of hydrogen-bond donors (Lipinski definition) is 3. The lowest BCUT2D eigenvalue weighted by Gasteiger charge is -2.07. The van der Waals surface area contributed by atoms with Crippen LogP contribution in [0.5, 0.6) is 0 Å². The average molecular weight is 319 g/mol. The third kappa shape index (κ3) is 3.74. The van der Waals surface area contributed by atoms with Crippen molar-refractivity contribution in [2.45, 2.75) is 39.0 Å². The minimum absolute atomic E-state index is 0.000483. The number of amides is 2. The van der Waals surface area contributed by atoms with Crippen LogP contribution in [0.15, 0.2) is 6.33 Å². The van der Waals surface area contributed by atoms with Crippen molar-refractivity contribution in [1.29, 1.82) is 0 Å². The number of carbonyl (C=O) groups excluding carboxylic acids is 2. The molecule has 124 valence electrons. The molecule has 0 unspecified atom stereocenters. The van der Waals surface area contributed by atoms with Gasteiger partial charge in [-0.3, -0.25) is 14.0 Å². The van der Waals surface area contributed by atoms with Crippen LogP contribution >= 0.6 is 0 Å². The van der Waals surface area contributed by atoms with E-state index in [4.69, 9.17) is 11.5 Å². The van der Waals surface area contributed by atoms with Gasteiger partial charge < -0.3 is 16.8 Å². The van der Waals surface area contributed by atoms with Gasteiger partial charge >= 0.3 is 0 Å². The van der Waals surface area contributed by atoms with Gasteiger partial charge in [0.2, 0.25) is 0 Å². The summed E-state index contributed by atoms with van der Waals surface area (Å²) in [6.07, 6.45) is 6.80. The molecule has 0 saturated carbocycles. The minimum Gasteiger partial charge on any atom is -0.383 e. The van der Waals surface area contributed by atoms with Crippen LogP contribution < -0.4 is 16.8 Å². The normalized spacial score (nSPS) is 10.8. The fourth-order valence-corrected chi connectivity index (χ4v) is 2.23. The molecule has 0 aliphatic carbocycles. The summed E-state index contributed by atoms with van der Waals surface area (Å²) in [5, 5.41) is 10.4. The Morgan fingerprint density at radius 2 is 1.91 bits per heavy atom. The fourth-order valence-electron chi connectivity index (χ4n) is 2.23. The van der Waals surface area contributed by atoms with Crippen LogP contribution in [0.1, 0.15) is 60.0 Å². The minimum atomic E-state index is -0.731. The SMILES string of the molecule is CCCCCCCNC(=O)c1nnc2c(C(N)=O)ncn2c1N. The Bertz CT molecular complexity index is 710. The molecule has 2 amide bonds. The highest BCUT2D eigenvalue weighted by Gasteiger charge is 2.19. The van der Waals surface area contributed by atoms with Crippen LogP contribution in [-0.4, -0.2) is 37.9 Å². The Kier molecular flexibility index (Phi) is 5.45. The number of nitrogens with zero attached hydrogens (tertiary/aromatic N) is 4. The fraction of sp³-hybridized carbons (Fsp3) is 0.500. The summed E-state index contributed by atoms with van der Waals surface area (Å²) in [5.74, 6) is -1.06. The third-order valence-corrected chi connectivity index (χ3v) is 3.50. The molecule has 9 heteroatoms. The van der Waals surface area contributed by atoms with Crippen molar-refractivity contribution in [1.82, 2.24) is 24.9 Å². The Balaban J connectivity index is 2.04. The van der Waals surface area contributed by atoms with Crippen LogP contribution in [0.4, 0.5) is 5.82 Å². The second kappa shape index (κ2) is 7.52. The molecule has 0 saturated heterocycles. The zero-order valence-corrected chi connectivity index (χ0v) is 13.1. The van der Waals surface area contributed by atoms with Crippen molar-refractivity contribution in [3.8, 4) is 0 Å². The number of imidazole rings is 1. The molecule has 0 spiro atoms. The van der Waals surface area contributed by atoms with Gasteiger partial charge in [0.25, 0.3) is 11.8 Å². The number of anilines is 1. The molecule has 0 aromatic carbocycles. The summed E-state index contributed by atoms with van der Waals surface area (Å²) in [4.78, 5) is 27.2. The second-order valence-electron chi connectivity index (χ2n) is 5.25. The molecule has 0 fully saturated rings. The molecule has 9 nitrogen and oxygen atoms in total.